The highest BCUT2D eigenvalue weighted by atomic mass is 14.8. The molecule has 0 saturated carbocycles. The zero-order valence-electron chi connectivity index (χ0n) is 11.1. The average Bonchev–Trinajstić information content (AvgIpc) is 2.31. The van der Waals surface area contributed by atoms with Gasteiger partial charge in [0.15, 0.2) is 0 Å². The first kappa shape index (κ1) is 15.6. The number of rotatable bonds is 13. The van der Waals surface area contributed by atoms with E-state index < -0.39 is 0 Å². The van der Waals surface area contributed by atoms with Crippen molar-refractivity contribution in [2.24, 2.45) is 0 Å². The van der Waals surface area contributed by atoms with E-state index in [1.165, 1.54) is 70.4 Å². The normalized spacial score (nSPS) is 10.6. The van der Waals surface area contributed by atoms with E-state index in [1.54, 1.807) is 0 Å². The molecule has 0 unspecified atom stereocenters. The first-order valence-electron chi connectivity index (χ1n) is 7.11. The van der Waals surface area contributed by atoms with Gasteiger partial charge in [-0.2, -0.15) is 0 Å². The molecule has 0 aromatic carbocycles. The summed E-state index contributed by atoms with van der Waals surface area (Å²) in [5, 5.41) is 10.1. The Morgan fingerprint density at radius 1 is 0.812 bits per heavy atom. The van der Waals surface area contributed by atoms with Gasteiger partial charge in [-0.3, -0.25) is 0 Å². The van der Waals surface area contributed by atoms with E-state index in [-0.39, 0.29) is 0 Å². The van der Waals surface area contributed by atoms with Crippen molar-refractivity contribution >= 4 is 6.21 Å². The third-order valence-corrected chi connectivity index (χ3v) is 2.95. The lowest BCUT2D eigenvalue weighted by atomic mass is 10.1. The Bertz CT molecular complexity index is 135. The predicted octanol–water partition coefficient (Wildman–Crippen LogP) is 4.15. The molecule has 0 fully saturated rings. The van der Waals surface area contributed by atoms with Gasteiger partial charge in [0, 0.05) is 12.8 Å². The Morgan fingerprint density at radius 2 is 1.31 bits per heavy atom. The van der Waals surface area contributed by atoms with E-state index in [2.05, 4.69) is 12.2 Å². The highest BCUT2D eigenvalue weighted by Crippen LogP contribution is 2.10. The van der Waals surface area contributed by atoms with Gasteiger partial charge in [-0.1, -0.05) is 64.7 Å². The minimum absolute atomic E-state index is 0.734. The molecule has 0 rings (SSSR count). The molecule has 0 spiro atoms. The number of hydrogen-bond donors (Lipinski definition) is 2. The fraction of sp³-hybridized carbons (Fsp3) is 0.929. The van der Waals surface area contributed by atoms with Gasteiger partial charge >= 0.3 is 0 Å². The molecule has 0 aliphatic rings. The van der Waals surface area contributed by atoms with Crippen LogP contribution in [0.15, 0.2) is 0 Å². The van der Waals surface area contributed by atoms with Crippen molar-refractivity contribution in [3.05, 3.63) is 0 Å². The highest BCUT2D eigenvalue weighted by Gasteiger charge is 1.92. The van der Waals surface area contributed by atoms with Crippen LogP contribution < -0.4 is 5.32 Å². The van der Waals surface area contributed by atoms with Gasteiger partial charge < -0.3 is 10.7 Å². The summed E-state index contributed by atoms with van der Waals surface area (Å²) >= 11 is 0. The van der Waals surface area contributed by atoms with Crippen LogP contribution >= 0.6 is 0 Å². The maximum absolute atomic E-state index is 6.86. The first-order chi connectivity index (χ1) is 7.91. The summed E-state index contributed by atoms with van der Waals surface area (Å²) in [4.78, 5) is 0. The molecule has 96 valence electrons. The molecular weight excluding hydrogens is 196 g/mol. The third-order valence-electron chi connectivity index (χ3n) is 2.95. The molecule has 0 bridgehead atoms. The van der Waals surface area contributed by atoms with E-state index in [9.17, 15) is 0 Å². The molecule has 2 heteroatoms. The Kier molecular flexibility index (Phi) is 14.3. The fourth-order valence-corrected chi connectivity index (χ4v) is 1.91. The fourth-order valence-electron chi connectivity index (χ4n) is 1.91. The van der Waals surface area contributed by atoms with E-state index in [1.807, 2.05) is 0 Å². The summed E-state index contributed by atoms with van der Waals surface area (Å²) in [6, 6.07) is 0. The molecule has 0 aliphatic carbocycles. The molecule has 16 heavy (non-hydrogen) atoms. The smallest absolute Gasteiger partial charge is 0.0302 e. The van der Waals surface area contributed by atoms with Gasteiger partial charge in [-0.05, 0) is 13.0 Å². The van der Waals surface area contributed by atoms with Crippen LogP contribution in [-0.4, -0.2) is 19.3 Å². The minimum Gasteiger partial charge on any atom is -0.312 e. The summed E-state index contributed by atoms with van der Waals surface area (Å²) in [5.41, 5.74) is 0. The SMILES string of the molecule is CCCCCCCCCCCCNCC=N. The predicted molar refractivity (Wildman–Crippen MR) is 73.5 cm³/mol. The van der Waals surface area contributed by atoms with Crippen molar-refractivity contribution in [3.8, 4) is 0 Å². The topological polar surface area (TPSA) is 35.9 Å². The Morgan fingerprint density at radius 3 is 1.81 bits per heavy atom. The average molecular weight is 226 g/mol. The molecule has 0 aromatic heterocycles. The number of unbranched alkanes of at least 4 members (excludes halogenated alkanes) is 9. The first-order valence-corrected chi connectivity index (χ1v) is 7.11. The summed E-state index contributed by atoms with van der Waals surface area (Å²) in [5.74, 6) is 0. The van der Waals surface area contributed by atoms with Crippen molar-refractivity contribution in [2.45, 2.75) is 71.1 Å². The quantitative estimate of drug-likeness (QED) is 0.359. The van der Waals surface area contributed by atoms with Gasteiger partial charge in [-0.15, -0.1) is 0 Å². The largest absolute Gasteiger partial charge is 0.312 e. The molecule has 0 atom stereocenters. The molecule has 0 amide bonds. The van der Waals surface area contributed by atoms with Crippen molar-refractivity contribution in [1.29, 1.82) is 5.41 Å². The van der Waals surface area contributed by atoms with Crippen LogP contribution in [0.5, 0.6) is 0 Å². The molecule has 0 saturated heterocycles. The summed E-state index contributed by atoms with van der Waals surface area (Å²) in [6.07, 6.45) is 15.3. The van der Waals surface area contributed by atoms with Crippen molar-refractivity contribution in [3.63, 3.8) is 0 Å². The second-order valence-corrected chi connectivity index (χ2v) is 4.59. The van der Waals surface area contributed by atoms with Crippen molar-refractivity contribution in [2.75, 3.05) is 13.1 Å². The van der Waals surface area contributed by atoms with E-state index in [4.69, 9.17) is 5.41 Å². The summed E-state index contributed by atoms with van der Waals surface area (Å²) in [7, 11) is 0. The molecule has 0 radical (unpaired) electrons. The summed E-state index contributed by atoms with van der Waals surface area (Å²) < 4.78 is 0. The van der Waals surface area contributed by atoms with Gasteiger partial charge in [0.2, 0.25) is 0 Å². The second-order valence-electron chi connectivity index (χ2n) is 4.59. The van der Waals surface area contributed by atoms with Crippen LogP contribution in [0, 0.1) is 5.41 Å². The van der Waals surface area contributed by atoms with Crippen molar-refractivity contribution in [1.82, 2.24) is 5.32 Å². The van der Waals surface area contributed by atoms with E-state index in [0.717, 1.165) is 13.1 Å². The lowest BCUT2D eigenvalue weighted by molar-refractivity contribution is 0.550. The molecule has 0 heterocycles. The maximum atomic E-state index is 6.86. The monoisotopic (exact) mass is 226 g/mol. The van der Waals surface area contributed by atoms with Gasteiger partial charge in [0.1, 0.15) is 0 Å². The van der Waals surface area contributed by atoms with Crippen LogP contribution in [0.3, 0.4) is 0 Å². The van der Waals surface area contributed by atoms with Crippen LogP contribution in [0.4, 0.5) is 0 Å². The minimum atomic E-state index is 0.734. The highest BCUT2D eigenvalue weighted by molar-refractivity contribution is 5.55. The van der Waals surface area contributed by atoms with Crippen molar-refractivity contribution < 1.29 is 0 Å². The van der Waals surface area contributed by atoms with Crippen LogP contribution in [0.1, 0.15) is 71.1 Å². The summed E-state index contributed by atoms with van der Waals surface area (Å²) in [6.45, 7) is 4.08. The Labute approximate surface area is 102 Å². The second kappa shape index (κ2) is 14.6. The standard InChI is InChI=1S/C14H30N2/c1-2-3-4-5-6-7-8-9-10-11-13-16-14-12-15/h12,15-16H,2-11,13-14H2,1H3. The van der Waals surface area contributed by atoms with E-state index in [0.29, 0.717) is 0 Å². The third kappa shape index (κ3) is 13.6. The van der Waals surface area contributed by atoms with Gasteiger partial charge in [0.05, 0.1) is 0 Å². The van der Waals surface area contributed by atoms with E-state index >= 15 is 0 Å². The zero-order chi connectivity index (χ0) is 11.9. The molecule has 2 nitrogen and oxygen atoms in total. The van der Waals surface area contributed by atoms with Gasteiger partial charge in [-0.25, -0.2) is 0 Å². The Balaban J connectivity index is 2.85. The van der Waals surface area contributed by atoms with Crippen LogP contribution in [0.2, 0.25) is 0 Å². The van der Waals surface area contributed by atoms with Crippen LogP contribution in [0.25, 0.3) is 0 Å². The lowest BCUT2D eigenvalue weighted by Crippen LogP contribution is -2.17. The number of nitrogens with one attached hydrogen (secondary N) is 2. The molecule has 2 N–H and O–H groups in total. The Hall–Kier alpha value is -0.370. The number of hydrogen-bond acceptors (Lipinski definition) is 2. The molecule has 0 aromatic rings. The molecular formula is C14H30N2. The van der Waals surface area contributed by atoms with Gasteiger partial charge in [0.25, 0.3) is 0 Å². The lowest BCUT2D eigenvalue weighted by Gasteiger charge is -2.02. The zero-order valence-corrected chi connectivity index (χ0v) is 11.1. The maximum Gasteiger partial charge on any atom is 0.0302 e. The molecule has 0 aliphatic heterocycles. The van der Waals surface area contributed by atoms with Crippen LogP contribution in [-0.2, 0) is 0 Å².